The molecule has 2 rings (SSSR count). The maximum atomic E-state index is 13.6. The lowest BCUT2D eigenvalue weighted by Gasteiger charge is -2.11. The fraction of sp³-hybridized carbons (Fsp3) is 0.214. The van der Waals surface area contributed by atoms with E-state index >= 15 is 0 Å². The molecule has 0 aliphatic heterocycles. The summed E-state index contributed by atoms with van der Waals surface area (Å²) < 4.78 is 13.6. The molecule has 1 atom stereocenters. The second-order valence-electron chi connectivity index (χ2n) is 4.07. The molecule has 0 bridgehead atoms. The van der Waals surface area contributed by atoms with Crippen molar-refractivity contribution < 1.29 is 9.50 Å². The Balaban J connectivity index is 2.17. The van der Waals surface area contributed by atoms with Gasteiger partial charge in [0.05, 0.1) is 6.10 Å². The van der Waals surface area contributed by atoms with Crippen LogP contribution in [0.5, 0.6) is 0 Å². The van der Waals surface area contributed by atoms with Crippen molar-refractivity contribution in [2.24, 2.45) is 0 Å². The van der Waals surface area contributed by atoms with Crippen molar-refractivity contribution in [3.63, 3.8) is 0 Å². The topological polar surface area (TPSA) is 33.1 Å². The van der Waals surface area contributed by atoms with E-state index in [1.807, 2.05) is 25.1 Å². The van der Waals surface area contributed by atoms with Crippen LogP contribution in [0.15, 0.2) is 42.6 Å². The van der Waals surface area contributed by atoms with Gasteiger partial charge in [-0.25, -0.2) is 4.39 Å². The highest BCUT2D eigenvalue weighted by Gasteiger charge is 2.13. The van der Waals surface area contributed by atoms with Crippen LogP contribution in [0.3, 0.4) is 0 Å². The Morgan fingerprint density at radius 1 is 1.29 bits per heavy atom. The van der Waals surface area contributed by atoms with Crippen molar-refractivity contribution in [1.29, 1.82) is 0 Å². The molecule has 1 N–H and O–H groups in total. The van der Waals surface area contributed by atoms with E-state index in [1.54, 1.807) is 18.3 Å². The predicted molar refractivity (Wildman–Crippen MR) is 64.0 cm³/mol. The van der Waals surface area contributed by atoms with E-state index in [0.717, 1.165) is 11.3 Å². The molecule has 1 unspecified atom stereocenters. The lowest BCUT2D eigenvalue weighted by molar-refractivity contribution is 0.172. The second kappa shape index (κ2) is 5.06. The number of nitrogens with zero attached hydrogens (tertiary/aromatic N) is 1. The first-order valence-electron chi connectivity index (χ1n) is 5.51. The number of aliphatic hydroxyl groups is 1. The van der Waals surface area contributed by atoms with Crippen molar-refractivity contribution in [3.8, 4) is 0 Å². The molecule has 2 aromatic rings. The van der Waals surface area contributed by atoms with Gasteiger partial charge in [0, 0.05) is 23.9 Å². The minimum atomic E-state index is -0.856. The molecule has 0 spiro atoms. The summed E-state index contributed by atoms with van der Waals surface area (Å²) in [5.74, 6) is -0.367. The van der Waals surface area contributed by atoms with E-state index in [9.17, 15) is 9.50 Å². The molecule has 0 aliphatic carbocycles. The monoisotopic (exact) mass is 231 g/mol. The summed E-state index contributed by atoms with van der Waals surface area (Å²) in [6.45, 7) is 1.82. The normalized spacial score (nSPS) is 12.4. The minimum absolute atomic E-state index is 0.320. The number of aryl methyl sites for hydroxylation is 1. The quantitative estimate of drug-likeness (QED) is 0.881. The Kier molecular flexibility index (Phi) is 3.49. The highest BCUT2D eigenvalue weighted by atomic mass is 19.1. The maximum Gasteiger partial charge on any atom is 0.129 e. The summed E-state index contributed by atoms with van der Waals surface area (Å²) in [6.07, 6.45) is 1.12. The van der Waals surface area contributed by atoms with Crippen LogP contribution in [0, 0.1) is 12.7 Å². The van der Waals surface area contributed by atoms with Crippen molar-refractivity contribution in [2.75, 3.05) is 0 Å². The van der Waals surface area contributed by atoms with Crippen LogP contribution in [0.2, 0.25) is 0 Å². The van der Waals surface area contributed by atoms with Gasteiger partial charge in [0.25, 0.3) is 0 Å². The molecule has 17 heavy (non-hydrogen) atoms. The van der Waals surface area contributed by atoms with E-state index in [1.165, 1.54) is 6.07 Å². The van der Waals surface area contributed by atoms with E-state index < -0.39 is 6.10 Å². The number of benzene rings is 1. The van der Waals surface area contributed by atoms with Gasteiger partial charge in [0.15, 0.2) is 0 Å². The molecule has 0 saturated heterocycles. The molecule has 1 heterocycles. The minimum Gasteiger partial charge on any atom is -0.388 e. The summed E-state index contributed by atoms with van der Waals surface area (Å²) in [5, 5.41) is 9.97. The van der Waals surface area contributed by atoms with Crippen LogP contribution in [-0.4, -0.2) is 10.1 Å². The number of aromatic nitrogens is 1. The van der Waals surface area contributed by atoms with Crippen LogP contribution in [0.25, 0.3) is 0 Å². The Morgan fingerprint density at radius 3 is 2.76 bits per heavy atom. The number of halogens is 1. The summed E-state index contributed by atoms with van der Waals surface area (Å²) >= 11 is 0. The number of rotatable bonds is 3. The zero-order chi connectivity index (χ0) is 12.3. The molecule has 3 heteroatoms. The van der Waals surface area contributed by atoms with Gasteiger partial charge in [-0.2, -0.15) is 0 Å². The summed E-state index contributed by atoms with van der Waals surface area (Å²) in [6, 6.07) is 10.3. The largest absolute Gasteiger partial charge is 0.388 e. The van der Waals surface area contributed by atoms with Crippen molar-refractivity contribution in [1.82, 2.24) is 4.98 Å². The van der Waals surface area contributed by atoms with E-state index in [4.69, 9.17) is 0 Å². The molecule has 2 nitrogen and oxygen atoms in total. The van der Waals surface area contributed by atoms with Crippen LogP contribution >= 0.6 is 0 Å². The first-order valence-corrected chi connectivity index (χ1v) is 5.51. The molecule has 0 radical (unpaired) electrons. The third-order valence-electron chi connectivity index (χ3n) is 2.64. The number of pyridine rings is 1. The smallest absolute Gasteiger partial charge is 0.129 e. The van der Waals surface area contributed by atoms with Crippen molar-refractivity contribution in [3.05, 3.63) is 65.2 Å². The van der Waals surface area contributed by atoms with Gasteiger partial charge in [-0.3, -0.25) is 4.98 Å². The lowest BCUT2D eigenvalue weighted by atomic mass is 10.0. The number of aliphatic hydroxyl groups excluding tert-OH is 1. The second-order valence-corrected chi connectivity index (χ2v) is 4.07. The molecule has 0 fully saturated rings. The van der Waals surface area contributed by atoms with Gasteiger partial charge < -0.3 is 5.11 Å². The average molecular weight is 231 g/mol. The fourth-order valence-corrected chi connectivity index (χ4v) is 1.73. The summed E-state index contributed by atoms with van der Waals surface area (Å²) in [7, 11) is 0. The molecule has 1 aromatic carbocycles. The molecule has 1 aromatic heterocycles. The number of hydrogen-bond acceptors (Lipinski definition) is 2. The van der Waals surface area contributed by atoms with Crippen LogP contribution in [-0.2, 0) is 6.42 Å². The Morgan fingerprint density at radius 2 is 2.12 bits per heavy atom. The molecule has 0 saturated carbocycles. The zero-order valence-electron chi connectivity index (χ0n) is 9.60. The summed E-state index contributed by atoms with van der Waals surface area (Å²) in [4.78, 5) is 4.11. The van der Waals surface area contributed by atoms with E-state index in [-0.39, 0.29) is 5.82 Å². The fourth-order valence-electron chi connectivity index (χ4n) is 1.73. The van der Waals surface area contributed by atoms with Gasteiger partial charge in [-0.1, -0.05) is 18.2 Å². The zero-order valence-corrected chi connectivity index (χ0v) is 9.60. The highest BCUT2D eigenvalue weighted by Crippen LogP contribution is 2.21. The van der Waals surface area contributed by atoms with Gasteiger partial charge in [0.1, 0.15) is 5.82 Å². The van der Waals surface area contributed by atoms with E-state index in [2.05, 4.69) is 4.98 Å². The first-order chi connectivity index (χ1) is 8.16. The third-order valence-corrected chi connectivity index (χ3v) is 2.64. The molecule has 88 valence electrons. The third kappa shape index (κ3) is 2.88. The summed E-state index contributed by atoms with van der Waals surface area (Å²) in [5.41, 5.74) is 1.91. The molecular weight excluding hydrogens is 217 g/mol. The Hall–Kier alpha value is -1.74. The molecule has 0 amide bonds. The predicted octanol–water partition coefficient (Wildman–Crippen LogP) is 2.81. The molecule has 0 aliphatic rings. The lowest BCUT2D eigenvalue weighted by Crippen LogP contribution is -2.05. The SMILES string of the molecule is Cc1ccc(C(O)Cc2ccccn2)c(F)c1. The van der Waals surface area contributed by atoms with Crippen LogP contribution in [0.1, 0.15) is 22.9 Å². The van der Waals surface area contributed by atoms with Crippen LogP contribution < -0.4 is 0 Å². The Bertz CT molecular complexity index is 499. The van der Waals surface area contributed by atoms with Gasteiger partial charge in [-0.15, -0.1) is 0 Å². The van der Waals surface area contributed by atoms with Gasteiger partial charge in [0.2, 0.25) is 0 Å². The first kappa shape index (κ1) is 11.7. The maximum absolute atomic E-state index is 13.6. The van der Waals surface area contributed by atoms with Gasteiger partial charge >= 0.3 is 0 Å². The highest BCUT2D eigenvalue weighted by molar-refractivity contribution is 5.26. The van der Waals surface area contributed by atoms with E-state index in [0.29, 0.717) is 12.0 Å². The standard InChI is InChI=1S/C14H14FNO/c1-10-5-6-12(13(15)8-10)14(17)9-11-4-2-3-7-16-11/h2-8,14,17H,9H2,1H3. The van der Waals surface area contributed by atoms with Crippen molar-refractivity contribution >= 4 is 0 Å². The average Bonchev–Trinajstić information content (AvgIpc) is 2.30. The van der Waals surface area contributed by atoms with Crippen LogP contribution in [0.4, 0.5) is 4.39 Å². The number of hydrogen-bond donors (Lipinski definition) is 1. The van der Waals surface area contributed by atoms with Crippen molar-refractivity contribution in [2.45, 2.75) is 19.4 Å². The molecular formula is C14H14FNO. The Labute approximate surface area is 99.8 Å². The van der Waals surface area contributed by atoms with Gasteiger partial charge in [-0.05, 0) is 30.7 Å².